The molecule has 1 unspecified atom stereocenters. The third-order valence-corrected chi connectivity index (χ3v) is 4.44. The van der Waals surface area contributed by atoms with Gasteiger partial charge in [-0.15, -0.1) is 0 Å². The SMILES string of the molecule is C/C(NI)=C(N)\C=C/C(C)C1=CNCC(NCc2cnc[nH]2)=C1. The van der Waals surface area contributed by atoms with E-state index in [1.54, 1.807) is 6.33 Å². The van der Waals surface area contributed by atoms with Crippen LogP contribution in [0.5, 0.6) is 0 Å². The summed E-state index contributed by atoms with van der Waals surface area (Å²) in [6.07, 6.45) is 11.8. The first kappa shape index (κ1) is 17.5. The predicted molar refractivity (Wildman–Crippen MR) is 102 cm³/mol. The van der Waals surface area contributed by atoms with Crippen LogP contribution in [-0.4, -0.2) is 16.5 Å². The molecule has 0 saturated carbocycles. The van der Waals surface area contributed by atoms with Crippen LogP contribution in [0.25, 0.3) is 0 Å². The number of hydrogen-bond acceptors (Lipinski definition) is 5. The molecule has 0 spiro atoms. The maximum atomic E-state index is 5.99. The number of dihydropyridines is 1. The number of aromatic amines is 1. The summed E-state index contributed by atoms with van der Waals surface area (Å²) in [5, 5.41) is 6.73. The normalized spacial score (nSPS) is 17.0. The predicted octanol–water partition coefficient (Wildman–Crippen LogP) is 2.19. The van der Waals surface area contributed by atoms with Gasteiger partial charge in [-0.1, -0.05) is 13.0 Å². The number of nitrogens with zero attached hydrogens (tertiary/aromatic N) is 1. The summed E-state index contributed by atoms with van der Waals surface area (Å²) in [7, 11) is 0. The Morgan fingerprint density at radius 1 is 1.57 bits per heavy atom. The summed E-state index contributed by atoms with van der Waals surface area (Å²) in [6.45, 7) is 5.64. The average Bonchev–Trinajstić information content (AvgIpc) is 3.10. The highest BCUT2D eigenvalue weighted by Crippen LogP contribution is 2.17. The van der Waals surface area contributed by atoms with Gasteiger partial charge < -0.3 is 24.9 Å². The third-order valence-electron chi connectivity index (χ3n) is 3.63. The zero-order valence-corrected chi connectivity index (χ0v) is 15.5. The second-order valence-corrected chi connectivity index (χ2v) is 5.99. The van der Waals surface area contributed by atoms with E-state index in [2.05, 4.69) is 72.3 Å². The van der Waals surface area contributed by atoms with Crippen LogP contribution in [0.2, 0.25) is 0 Å². The molecular weight excluding hydrogens is 403 g/mol. The Morgan fingerprint density at radius 2 is 2.39 bits per heavy atom. The van der Waals surface area contributed by atoms with Gasteiger partial charge in [-0.2, -0.15) is 0 Å². The van der Waals surface area contributed by atoms with Crippen molar-refractivity contribution >= 4 is 22.9 Å². The Balaban J connectivity index is 1.96. The molecular formula is C16H23IN6. The molecule has 2 heterocycles. The fourth-order valence-electron chi connectivity index (χ4n) is 2.08. The number of nitrogens with two attached hydrogens (primary N) is 1. The van der Waals surface area contributed by atoms with E-state index in [1.807, 2.05) is 19.2 Å². The monoisotopic (exact) mass is 426 g/mol. The van der Waals surface area contributed by atoms with Gasteiger partial charge in [0.2, 0.25) is 0 Å². The van der Waals surface area contributed by atoms with Crippen LogP contribution in [0.4, 0.5) is 0 Å². The van der Waals surface area contributed by atoms with Crippen LogP contribution < -0.4 is 19.9 Å². The van der Waals surface area contributed by atoms with Gasteiger partial charge in [0.1, 0.15) is 0 Å². The molecule has 0 saturated heterocycles. The van der Waals surface area contributed by atoms with Crippen molar-refractivity contribution in [2.24, 2.45) is 11.7 Å². The first-order valence-corrected chi connectivity index (χ1v) is 8.54. The van der Waals surface area contributed by atoms with Gasteiger partial charge in [0.25, 0.3) is 0 Å². The molecule has 0 fully saturated rings. The maximum absolute atomic E-state index is 5.99. The summed E-state index contributed by atoms with van der Waals surface area (Å²) in [6, 6.07) is 0. The zero-order chi connectivity index (χ0) is 16.7. The van der Waals surface area contributed by atoms with Gasteiger partial charge in [-0.05, 0) is 24.6 Å². The Morgan fingerprint density at radius 3 is 3.09 bits per heavy atom. The van der Waals surface area contributed by atoms with E-state index in [0.717, 1.165) is 35.9 Å². The largest absolute Gasteiger partial charge is 0.397 e. The number of rotatable bonds is 7. The van der Waals surface area contributed by atoms with Crippen molar-refractivity contribution in [2.75, 3.05) is 6.54 Å². The second-order valence-electron chi connectivity index (χ2n) is 5.45. The smallest absolute Gasteiger partial charge is 0.0922 e. The molecule has 0 aromatic carbocycles. The van der Waals surface area contributed by atoms with Gasteiger partial charge in [0.15, 0.2) is 0 Å². The molecule has 0 aliphatic carbocycles. The average molecular weight is 426 g/mol. The lowest BCUT2D eigenvalue weighted by molar-refractivity contribution is 0.716. The third kappa shape index (κ3) is 5.34. The number of hydrogen-bond donors (Lipinski definition) is 5. The molecule has 1 aromatic rings. The fraction of sp³-hybridized carbons (Fsp3) is 0.312. The van der Waals surface area contributed by atoms with E-state index in [1.165, 1.54) is 5.57 Å². The Labute approximate surface area is 150 Å². The molecule has 0 bridgehead atoms. The quantitative estimate of drug-likeness (QED) is 0.262. The summed E-state index contributed by atoms with van der Waals surface area (Å²) in [5.74, 6) is 0.271. The van der Waals surface area contributed by atoms with Crippen molar-refractivity contribution in [1.29, 1.82) is 0 Å². The number of nitrogens with one attached hydrogen (secondary N) is 4. The minimum atomic E-state index is 0.271. The lowest BCUT2D eigenvalue weighted by atomic mass is 9.98. The van der Waals surface area contributed by atoms with Crippen molar-refractivity contribution in [3.8, 4) is 0 Å². The minimum Gasteiger partial charge on any atom is -0.397 e. The Bertz CT molecular complexity index is 627. The van der Waals surface area contributed by atoms with Crippen molar-refractivity contribution in [1.82, 2.24) is 24.1 Å². The number of halogens is 1. The zero-order valence-electron chi connectivity index (χ0n) is 13.4. The van der Waals surface area contributed by atoms with E-state index < -0.39 is 0 Å². The van der Waals surface area contributed by atoms with E-state index in [0.29, 0.717) is 0 Å². The Kier molecular flexibility index (Phi) is 6.57. The van der Waals surface area contributed by atoms with Crippen molar-refractivity contribution in [3.05, 3.63) is 65.3 Å². The molecule has 1 aliphatic rings. The highest BCUT2D eigenvalue weighted by Gasteiger charge is 2.09. The standard InChI is InChI=1S/C16H23IN6/c1-11(3-4-16(18)12(2)23-17)13-5-14(7-19-6-13)21-9-15-8-20-10-22-15/h3-6,8,10-11,19,21,23H,7,9,18H2,1-2H3,(H,20,22)/b4-3-,16-12-. The van der Waals surface area contributed by atoms with Gasteiger partial charge >= 0.3 is 0 Å². The number of imidazole rings is 1. The molecule has 0 amide bonds. The van der Waals surface area contributed by atoms with Crippen LogP contribution in [0.3, 0.4) is 0 Å². The van der Waals surface area contributed by atoms with Crippen LogP contribution in [-0.2, 0) is 6.54 Å². The van der Waals surface area contributed by atoms with Crippen molar-refractivity contribution in [2.45, 2.75) is 20.4 Å². The number of H-pyrrole nitrogens is 1. The fourth-order valence-corrected chi connectivity index (χ4v) is 2.39. The van der Waals surface area contributed by atoms with Crippen molar-refractivity contribution < 1.29 is 0 Å². The van der Waals surface area contributed by atoms with Crippen LogP contribution in [0, 0.1) is 5.92 Å². The Hall–Kier alpha value is -1.90. The van der Waals surface area contributed by atoms with Crippen LogP contribution >= 0.6 is 22.9 Å². The molecule has 1 aromatic heterocycles. The maximum Gasteiger partial charge on any atom is 0.0922 e. The van der Waals surface area contributed by atoms with Gasteiger partial charge in [0, 0.05) is 29.7 Å². The summed E-state index contributed by atoms with van der Waals surface area (Å²) < 4.78 is 3.02. The first-order valence-electron chi connectivity index (χ1n) is 7.46. The summed E-state index contributed by atoms with van der Waals surface area (Å²) >= 11 is 2.08. The molecule has 1 atom stereocenters. The summed E-state index contributed by atoms with van der Waals surface area (Å²) in [4.78, 5) is 7.11. The lowest BCUT2D eigenvalue weighted by Crippen LogP contribution is -2.26. The van der Waals surface area contributed by atoms with Crippen molar-refractivity contribution in [3.63, 3.8) is 0 Å². The van der Waals surface area contributed by atoms with Gasteiger partial charge in [-0.3, -0.25) is 0 Å². The summed E-state index contributed by atoms with van der Waals surface area (Å²) in [5.41, 5.74) is 11.1. The van der Waals surface area contributed by atoms with E-state index in [9.17, 15) is 0 Å². The minimum absolute atomic E-state index is 0.271. The van der Waals surface area contributed by atoms with Crippen LogP contribution in [0.1, 0.15) is 19.5 Å². The second kappa shape index (κ2) is 8.66. The highest BCUT2D eigenvalue weighted by molar-refractivity contribution is 14.1. The lowest BCUT2D eigenvalue weighted by Gasteiger charge is -2.19. The number of aromatic nitrogens is 2. The first-order chi connectivity index (χ1) is 11.1. The molecule has 7 heteroatoms. The molecule has 124 valence electrons. The van der Waals surface area contributed by atoms with Crippen LogP contribution in [0.15, 0.2) is 59.6 Å². The molecule has 6 N–H and O–H groups in total. The van der Waals surface area contributed by atoms with E-state index in [-0.39, 0.29) is 5.92 Å². The van der Waals surface area contributed by atoms with E-state index >= 15 is 0 Å². The number of allylic oxidation sites excluding steroid dienone is 5. The molecule has 1 aliphatic heterocycles. The van der Waals surface area contributed by atoms with Gasteiger partial charge in [0.05, 0.1) is 53.7 Å². The topological polar surface area (TPSA) is 90.8 Å². The molecule has 23 heavy (non-hydrogen) atoms. The molecule has 2 rings (SSSR count). The molecule has 0 radical (unpaired) electrons. The molecule has 6 nitrogen and oxygen atoms in total. The van der Waals surface area contributed by atoms with E-state index in [4.69, 9.17) is 5.73 Å². The highest BCUT2D eigenvalue weighted by atomic mass is 127. The van der Waals surface area contributed by atoms with Gasteiger partial charge in [-0.25, -0.2) is 4.98 Å².